The fraction of sp³-hybridized carbons (Fsp3) is 0.333. The Labute approximate surface area is 164 Å². The SMILES string of the molecule is CC1CC(C)(C)N(C)c2cc(Cl)c(/C=N/NC(=O)c3cccc(O)c3)cc21. The van der Waals surface area contributed by atoms with E-state index in [0.29, 0.717) is 16.5 Å². The van der Waals surface area contributed by atoms with Gasteiger partial charge in [-0.1, -0.05) is 24.6 Å². The highest BCUT2D eigenvalue weighted by atomic mass is 35.5. The third-order valence-corrected chi connectivity index (χ3v) is 5.56. The van der Waals surface area contributed by atoms with Crippen molar-refractivity contribution in [2.45, 2.75) is 38.6 Å². The fourth-order valence-electron chi connectivity index (χ4n) is 3.58. The van der Waals surface area contributed by atoms with E-state index in [2.05, 4.69) is 43.2 Å². The summed E-state index contributed by atoms with van der Waals surface area (Å²) in [5.74, 6) is 0.0361. The number of halogens is 1. The van der Waals surface area contributed by atoms with E-state index in [0.717, 1.165) is 17.7 Å². The number of carbonyl (C=O) groups is 1. The summed E-state index contributed by atoms with van der Waals surface area (Å²) in [7, 11) is 2.09. The summed E-state index contributed by atoms with van der Waals surface area (Å²) in [6, 6.07) is 10.1. The lowest BCUT2D eigenvalue weighted by Crippen LogP contribution is -2.45. The number of nitrogens with zero attached hydrogens (tertiary/aromatic N) is 2. The van der Waals surface area contributed by atoms with Gasteiger partial charge in [-0.25, -0.2) is 5.43 Å². The van der Waals surface area contributed by atoms with E-state index in [1.54, 1.807) is 18.3 Å². The van der Waals surface area contributed by atoms with E-state index < -0.39 is 5.91 Å². The summed E-state index contributed by atoms with van der Waals surface area (Å²) < 4.78 is 0. The predicted octanol–water partition coefficient (Wildman–Crippen LogP) is 4.53. The smallest absolute Gasteiger partial charge is 0.271 e. The zero-order valence-electron chi connectivity index (χ0n) is 16.0. The molecule has 1 aliphatic heterocycles. The summed E-state index contributed by atoms with van der Waals surface area (Å²) in [5.41, 5.74) is 5.98. The molecule has 1 unspecified atom stereocenters. The Morgan fingerprint density at radius 3 is 2.81 bits per heavy atom. The largest absolute Gasteiger partial charge is 0.508 e. The second-order valence-electron chi connectivity index (χ2n) is 7.66. The van der Waals surface area contributed by atoms with E-state index in [-0.39, 0.29) is 11.3 Å². The molecular formula is C21H24ClN3O2. The first-order valence-corrected chi connectivity index (χ1v) is 9.26. The van der Waals surface area contributed by atoms with Crippen molar-refractivity contribution in [2.75, 3.05) is 11.9 Å². The number of aromatic hydroxyl groups is 1. The molecule has 1 heterocycles. The normalized spacial score (nSPS) is 18.4. The molecular weight excluding hydrogens is 362 g/mol. The lowest BCUT2D eigenvalue weighted by atomic mass is 9.80. The molecule has 0 saturated carbocycles. The van der Waals surface area contributed by atoms with E-state index in [4.69, 9.17) is 11.6 Å². The summed E-state index contributed by atoms with van der Waals surface area (Å²) in [6.45, 7) is 6.67. The molecule has 0 spiro atoms. The van der Waals surface area contributed by atoms with Crippen LogP contribution in [0.5, 0.6) is 5.75 Å². The van der Waals surface area contributed by atoms with Crippen molar-refractivity contribution in [2.24, 2.45) is 5.10 Å². The van der Waals surface area contributed by atoms with Crippen LogP contribution < -0.4 is 10.3 Å². The molecule has 5 nitrogen and oxygen atoms in total. The number of amides is 1. The maximum absolute atomic E-state index is 12.1. The van der Waals surface area contributed by atoms with E-state index in [1.165, 1.54) is 17.7 Å². The van der Waals surface area contributed by atoms with Gasteiger partial charge in [-0.15, -0.1) is 0 Å². The molecule has 0 bridgehead atoms. The van der Waals surface area contributed by atoms with Crippen molar-refractivity contribution >= 4 is 29.4 Å². The first-order chi connectivity index (χ1) is 12.7. The topological polar surface area (TPSA) is 64.9 Å². The second-order valence-corrected chi connectivity index (χ2v) is 8.07. The van der Waals surface area contributed by atoms with Crippen molar-refractivity contribution in [1.29, 1.82) is 0 Å². The molecule has 3 rings (SSSR count). The first-order valence-electron chi connectivity index (χ1n) is 8.89. The Morgan fingerprint density at radius 1 is 1.37 bits per heavy atom. The highest BCUT2D eigenvalue weighted by Gasteiger charge is 2.34. The Kier molecular flexibility index (Phi) is 5.16. The number of carbonyl (C=O) groups excluding carboxylic acids is 1. The van der Waals surface area contributed by atoms with Crippen LogP contribution in [0.25, 0.3) is 0 Å². The van der Waals surface area contributed by atoms with Gasteiger partial charge in [0.15, 0.2) is 0 Å². The number of benzene rings is 2. The lowest BCUT2D eigenvalue weighted by molar-refractivity contribution is 0.0954. The van der Waals surface area contributed by atoms with Crippen LogP contribution in [-0.2, 0) is 0 Å². The molecule has 27 heavy (non-hydrogen) atoms. The third-order valence-electron chi connectivity index (χ3n) is 5.23. The molecule has 1 atom stereocenters. The number of anilines is 1. The summed E-state index contributed by atoms with van der Waals surface area (Å²) in [5, 5.41) is 14.1. The van der Waals surface area contributed by atoms with Gasteiger partial charge >= 0.3 is 0 Å². The fourth-order valence-corrected chi connectivity index (χ4v) is 3.78. The molecule has 2 aromatic carbocycles. The molecule has 0 aromatic heterocycles. The van der Waals surface area contributed by atoms with Crippen molar-refractivity contribution in [3.63, 3.8) is 0 Å². The number of phenols is 1. The number of nitrogens with one attached hydrogen (secondary N) is 1. The summed E-state index contributed by atoms with van der Waals surface area (Å²) in [6.07, 6.45) is 2.60. The molecule has 2 N–H and O–H groups in total. The zero-order valence-corrected chi connectivity index (χ0v) is 16.7. The van der Waals surface area contributed by atoms with Crippen LogP contribution in [0.15, 0.2) is 41.5 Å². The Morgan fingerprint density at radius 2 is 2.11 bits per heavy atom. The summed E-state index contributed by atoms with van der Waals surface area (Å²) in [4.78, 5) is 14.4. The molecule has 0 radical (unpaired) electrons. The van der Waals surface area contributed by atoms with Crippen LogP contribution in [0.3, 0.4) is 0 Å². The van der Waals surface area contributed by atoms with E-state index >= 15 is 0 Å². The lowest BCUT2D eigenvalue weighted by Gasteiger charge is -2.45. The van der Waals surface area contributed by atoms with Gasteiger partial charge in [-0.3, -0.25) is 4.79 Å². The zero-order chi connectivity index (χ0) is 19.8. The number of hydrogen-bond acceptors (Lipinski definition) is 4. The molecule has 142 valence electrons. The average molecular weight is 386 g/mol. The highest BCUT2D eigenvalue weighted by Crippen LogP contribution is 2.44. The van der Waals surface area contributed by atoms with E-state index in [9.17, 15) is 9.90 Å². The Hall–Kier alpha value is -2.53. The van der Waals surface area contributed by atoms with Crippen molar-refractivity contribution in [3.05, 3.63) is 58.1 Å². The maximum Gasteiger partial charge on any atom is 0.271 e. The predicted molar refractivity (Wildman–Crippen MR) is 110 cm³/mol. The second kappa shape index (κ2) is 7.24. The molecule has 0 saturated heterocycles. The van der Waals surface area contributed by atoms with Crippen molar-refractivity contribution in [3.8, 4) is 5.75 Å². The van der Waals surface area contributed by atoms with Gasteiger partial charge in [0.1, 0.15) is 5.75 Å². The number of hydrazone groups is 1. The van der Waals surface area contributed by atoms with Crippen molar-refractivity contribution < 1.29 is 9.90 Å². The maximum atomic E-state index is 12.1. The molecule has 1 aliphatic rings. The minimum Gasteiger partial charge on any atom is -0.508 e. The minimum absolute atomic E-state index is 0.0328. The first kappa shape index (κ1) is 19.2. The van der Waals surface area contributed by atoms with Crippen LogP contribution in [-0.4, -0.2) is 29.8 Å². The molecule has 0 fully saturated rings. The van der Waals surface area contributed by atoms with Crippen molar-refractivity contribution in [1.82, 2.24) is 5.43 Å². The molecule has 2 aromatic rings. The van der Waals surface area contributed by atoms with Crippen LogP contribution in [0, 0.1) is 0 Å². The third kappa shape index (κ3) is 3.93. The molecule has 1 amide bonds. The van der Waals surface area contributed by atoms with E-state index in [1.807, 2.05) is 12.1 Å². The van der Waals surface area contributed by atoms with Gasteiger partial charge < -0.3 is 10.0 Å². The van der Waals surface area contributed by atoms with Gasteiger partial charge in [0.25, 0.3) is 5.91 Å². The van der Waals surface area contributed by atoms with Gasteiger partial charge in [-0.05, 0) is 62.1 Å². The number of rotatable bonds is 3. The standard InChI is InChI=1S/C21H24ClN3O2/c1-13-11-21(2,3)25(4)19-10-18(22)15(9-17(13)19)12-23-24-20(27)14-6-5-7-16(26)8-14/h5-10,12-13,26H,11H2,1-4H3,(H,24,27)/b23-12+. The van der Waals surface area contributed by atoms with Gasteiger partial charge in [0, 0.05) is 29.4 Å². The Balaban J connectivity index is 1.81. The minimum atomic E-state index is -0.397. The quantitative estimate of drug-likeness (QED) is 0.602. The summed E-state index contributed by atoms with van der Waals surface area (Å²) >= 11 is 6.46. The number of fused-ring (bicyclic) bond motifs is 1. The monoisotopic (exact) mass is 385 g/mol. The van der Waals surface area contributed by atoms with Gasteiger partial charge in [-0.2, -0.15) is 5.10 Å². The van der Waals surface area contributed by atoms with Crippen LogP contribution in [0.2, 0.25) is 5.02 Å². The number of hydrogen-bond donors (Lipinski definition) is 2. The van der Waals surface area contributed by atoms with Crippen LogP contribution in [0.1, 0.15) is 54.6 Å². The van der Waals surface area contributed by atoms with Crippen LogP contribution >= 0.6 is 11.6 Å². The van der Waals surface area contributed by atoms with Gasteiger partial charge in [0.05, 0.1) is 11.2 Å². The molecule has 0 aliphatic carbocycles. The van der Waals surface area contributed by atoms with Gasteiger partial charge in [0.2, 0.25) is 0 Å². The molecule has 6 heteroatoms. The number of phenolic OH excluding ortho intramolecular Hbond substituents is 1. The average Bonchev–Trinajstić information content (AvgIpc) is 2.60. The Bertz CT molecular complexity index is 908. The highest BCUT2D eigenvalue weighted by molar-refractivity contribution is 6.33. The van der Waals surface area contributed by atoms with Crippen LogP contribution in [0.4, 0.5) is 5.69 Å².